The normalized spacial score (nSPS) is 17.8. The number of aryl methyl sites for hydroxylation is 2. The van der Waals surface area contributed by atoms with Gasteiger partial charge in [-0.2, -0.15) is 0 Å². The Morgan fingerprint density at radius 2 is 1.68 bits per heavy atom. The van der Waals surface area contributed by atoms with Crippen LogP contribution in [-0.4, -0.2) is 17.3 Å². The zero-order valence-electron chi connectivity index (χ0n) is 23.5. The van der Waals surface area contributed by atoms with E-state index in [0.29, 0.717) is 6.42 Å². The number of ketones is 3. The molecule has 3 unspecified atom stereocenters. The van der Waals surface area contributed by atoms with Gasteiger partial charge in [-0.3, -0.25) is 14.4 Å². The van der Waals surface area contributed by atoms with Crippen LogP contribution in [0, 0.1) is 31.1 Å². The molecular formula is C31H50O3. The first-order valence-corrected chi connectivity index (χ1v) is 13.7. The molecule has 0 saturated heterocycles. The van der Waals surface area contributed by atoms with Crippen molar-refractivity contribution in [1.29, 1.82) is 0 Å². The highest BCUT2D eigenvalue weighted by molar-refractivity contribution is 6.01. The molecule has 0 radical (unpaired) electrons. The summed E-state index contributed by atoms with van der Waals surface area (Å²) >= 11 is 0. The highest BCUT2D eigenvalue weighted by atomic mass is 16.1. The largest absolute Gasteiger partial charge is 0.300 e. The van der Waals surface area contributed by atoms with E-state index in [1.54, 1.807) is 0 Å². The van der Waals surface area contributed by atoms with Crippen molar-refractivity contribution in [2.24, 2.45) is 17.3 Å². The third-order valence-corrected chi connectivity index (χ3v) is 7.73. The lowest BCUT2D eigenvalue weighted by atomic mass is 9.64. The highest BCUT2D eigenvalue weighted by Crippen LogP contribution is 2.43. The van der Waals surface area contributed by atoms with Gasteiger partial charge in [0.05, 0.1) is 6.42 Å². The van der Waals surface area contributed by atoms with Gasteiger partial charge >= 0.3 is 0 Å². The number of carbonyl (C=O) groups excluding carboxylic acids is 3. The van der Waals surface area contributed by atoms with E-state index in [0.717, 1.165) is 50.5 Å². The Hall–Kier alpha value is -1.77. The van der Waals surface area contributed by atoms with Crippen molar-refractivity contribution in [3.8, 4) is 0 Å². The fraction of sp³-hybridized carbons (Fsp3) is 0.710. The van der Waals surface area contributed by atoms with E-state index >= 15 is 0 Å². The summed E-state index contributed by atoms with van der Waals surface area (Å²) in [7, 11) is 0. The first kappa shape index (κ1) is 30.3. The van der Waals surface area contributed by atoms with Crippen LogP contribution in [-0.2, 0) is 22.4 Å². The maximum atomic E-state index is 13.3. The maximum absolute atomic E-state index is 13.3. The Kier molecular flexibility index (Phi) is 12.4. The van der Waals surface area contributed by atoms with Crippen molar-refractivity contribution in [1.82, 2.24) is 0 Å². The van der Waals surface area contributed by atoms with Crippen molar-refractivity contribution >= 4 is 17.3 Å². The third kappa shape index (κ3) is 7.36. The van der Waals surface area contributed by atoms with Gasteiger partial charge in [0.15, 0.2) is 5.78 Å². The molecule has 0 aliphatic heterocycles. The predicted molar refractivity (Wildman–Crippen MR) is 144 cm³/mol. The van der Waals surface area contributed by atoms with E-state index < -0.39 is 5.41 Å². The number of rotatable bonds is 11. The highest BCUT2D eigenvalue weighted by Gasteiger charge is 2.41. The van der Waals surface area contributed by atoms with Gasteiger partial charge in [0.1, 0.15) is 11.6 Å². The topological polar surface area (TPSA) is 51.2 Å². The molecule has 0 aromatic heterocycles. The van der Waals surface area contributed by atoms with Gasteiger partial charge in [0, 0.05) is 17.4 Å². The van der Waals surface area contributed by atoms with Gasteiger partial charge < -0.3 is 0 Å². The lowest BCUT2D eigenvalue weighted by molar-refractivity contribution is -0.135. The standard InChI is InChI=1S/C28H42O3.C3H8/c1-8-11-22-13-18(4)24-16-21(17-25(30)27(24)20(22)6)15-23(12-9-2)28(7,10-3)26(31)14-19(5)29;1-3-2/h13,21,23H,8-12,14-17H2,1-7H3;3H2,1-2H3. The average molecular weight is 471 g/mol. The maximum Gasteiger partial charge on any atom is 0.163 e. The molecule has 3 heteroatoms. The van der Waals surface area contributed by atoms with E-state index in [4.69, 9.17) is 0 Å². The summed E-state index contributed by atoms with van der Waals surface area (Å²) in [5.41, 5.74) is 5.41. The lowest BCUT2D eigenvalue weighted by Gasteiger charge is -2.39. The van der Waals surface area contributed by atoms with E-state index in [-0.39, 0.29) is 35.6 Å². The number of hydrogen-bond donors (Lipinski definition) is 0. The molecule has 0 heterocycles. The quantitative estimate of drug-likeness (QED) is 0.306. The molecule has 0 amide bonds. The van der Waals surface area contributed by atoms with Crippen molar-refractivity contribution in [3.63, 3.8) is 0 Å². The Morgan fingerprint density at radius 3 is 2.18 bits per heavy atom. The predicted octanol–water partition coefficient (Wildman–Crippen LogP) is 8.19. The lowest BCUT2D eigenvalue weighted by Crippen LogP contribution is -2.38. The smallest absolute Gasteiger partial charge is 0.163 e. The zero-order chi connectivity index (χ0) is 26.1. The minimum atomic E-state index is -0.499. The van der Waals surface area contributed by atoms with Gasteiger partial charge in [0.2, 0.25) is 0 Å². The number of benzene rings is 1. The number of hydrogen-bond acceptors (Lipinski definition) is 3. The molecule has 1 aromatic rings. The van der Waals surface area contributed by atoms with Crippen LogP contribution in [0.2, 0.25) is 0 Å². The Bertz CT molecular complexity index is 851. The monoisotopic (exact) mass is 470 g/mol. The van der Waals surface area contributed by atoms with Crippen LogP contribution in [0.1, 0.15) is 132 Å². The Labute approximate surface area is 209 Å². The molecule has 0 N–H and O–H groups in total. The molecule has 192 valence electrons. The van der Waals surface area contributed by atoms with E-state index in [2.05, 4.69) is 54.5 Å². The van der Waals surface area contributed by atoms with Crippen LogP contribution in [0.15, 0.2) is 6.07 Å². The second-order valence-electron chi connectivity index (χ2n) is 10.8. The molecule has 1 aromatic carbocycles. The molecule has 34 heavy (non-hydrogen) atoms. The number of fused-ring (bicyclic) bond motifs is 1. The third-order valence-electron chi connectivity index (χ3n) is 7.73. The van der Waals surface area contributed by atoms with Gasteiger partial charge in [-0.25, -0.2) is 0 Å². The summed E-state index contributed by atoms with van der Waals surface area (Å²) in [5.74, 6) is 0.751. The van der Waals surface area contributed by atoms with E-state index in [1.165, 1.54) is 35.6 Å². The minimum absolute atomic E-state index is 0.0233. The van der Waals surface area contributed by atoms with Gasteiger partial charge in [-0.05, 0) is 87.0 Å². The van der Waals surface area contributed by atoms with Crippen molar-refractivity contribution in [2.75, 3.05) is 0 Å². The zero-order valence-corrected chi connectivity index (χ0v) is 23.5. The van der Waals surface area contributed by atoms with Crippen LogP contribution in [0.3, 0.4) is 0 Å². The molecule has 1 aliphatic rings. The van der Waals surface area contributed by atoms with Crippen LogP contribution in [0.4, 0.5) is 0 Å². The number of Topliss-reactive ketones (excluding diaryl/α,β-unsaturated/α-hetero) is 3. The second-order valence-corrected chi connectivity index (χ2v) is 10.8. The van der Waals surface area contributed by atoms with Crippen LogP contribution < -0.4 is 0 Å². The fourth-order valence-electron chi connectivity index (χ4n) is 5.69. The molecule has 2 rings (SSSR count). The summed E-state index contributed by atoms with van der Waals surface area (Å²) < 4.78 is 0. The molecule has 3 nitrogen and oxygen atoms in total. The van der Waals surface area contributed by atoms with Gasteiger partial charge in [0.25, 0.3) is 0 Å². The molecule has 0 saturated carbocycles. The van der Waals surface area contributed by atoms with Crippen LogP contribution in [0.5, 0.6) is 0 Å². The summed E-state index contributed by atoms with van der Waals surface area (Å²) in [5, 5.41) is 0. The van der Waals surface area contributed by atoms with Gasteiger partial charge in [-0.1, -0.05) is 66.9 Å². The first-order valence-electron chi connectivity index (χ1n) is 13.7. The summed E-state index contributed by atoms with van der Waals surface area (Å²) in [6, 6.07) is 2.28. The SMILES string of the molecule is CCC.CCCc1cc(C)c2c(c1C)C(=O)CC(CC(CCC)C(C)(CC)C(=O)CC(C)=O)C2. The molecule has 1 aliphatic carbocycles. The molecule has 3 atom stereocenters. The molecule has 0 spiro atoms. The average Bonchev–Trinajstić information content (AvgIpc) is 2.76. The second kappa shape index (κ2) is 14.0. The molecule has 0 bridgehead atoms. The fourth-order valence-corrected chi connectivity index (χ4v) is 5.69. The minimum Gasteiger partial charge on any atom is -0.300 e. The van der Waals surface area contributed by atoms with E-state index in [1.807, 2.05) is 6.92 Å². The van der Waals surface area contributed by atoms with Crippen molar-refractivity contribution in [2.45, 2.75) is 127 Å². The van der Waals surface area contributed by atoms with Crippen molar-refractivity contribution < 1.29 is 14.4 Å². The summed E-state index contributed by atoms with van der Waals surface area (Å²) in [6.45, 7) is 18.4. The Balaban J connectivity index is 0.00000182. The number of carbonyl (C=O) groups is 3. The summed E-state index contributed by atoms with van der Waals surface area (Å²) in [6.07, 6.45) is 8.44. The van der Waals surface area contributed by atoms with E-state index in [9.17, 15) is 14.4 Å². The van der Waals surface area contributed by atoms with Crippen LogP contribution in [0.25, 0.3) is 0 Å². The van der Waals surface area contributed by atoms with Gasteiger partial charge in [-0.15, -0.1) is 0 Å². The molecule has 0 fully saturated rings. The van der Waals surface area contributed by atoms with Crippen molar-refractivity contribution in [3.05, 3.63) is 33.9 Å². The summed E-state index contributed by atoms with van der Waals surface area (Å²) in [4.78, 5) is 37.9. The van der Waals surface area contributed by atoms with Crippen LogP contribution >= 0.6 is 0 Å². The Morgan fingerprint density at radius 1 is 1.06 bits per heavy atom. The molecular weight excluding hydrogens is 420 g/mol. The first-order chi connectivity index (χ1) is 16.0.